The van der Waals surface area contributed by atoms with E-state index in [4.69, 9.17) is 0 Å². The number of benzene rings is 1. The maximum atomic E-state index is 12.3. The Bertz CT molecular complexity index is 445. The van der Waals surface area contributed by atoms with Crippen LogP contribution in [0.25, 0.3) is 0 Å². The lowest BCUT2D eigenvalue weighted by atomic mass is 9.91. The molecule has 1 amide bonds. The van der Waals surface area contributed by atoms with Gasteiger partial charge in [-0.1, -0.05) is 26.0 Å². The SMILES string of the molecule is CC1(C)CNCCC(=O)N(c2ccccc2Br)C1. The van der Waals surface area contributed by atoms with Gasteiger partial charge in [0, 0.05) is 30.5 Å². The van der Waals surface area contributed by atoms with Crippen molar-refractivity contribution >= 4 is 27.5 Å². The van der Waals surface area contributed by atoms with Gasteiger partial charge in [0.1, 0.15) is 0 Å². The van der Waals surface area contributed by atoms with E-state index in [-0.39, 0.29) is 11.3 Å². The lowest BCUT2D eigenvalue weighted by Gasteiger charge is -2.35. The molecular weight excluding hydrogens is 292 g/mol. The number of anilines is 1. The van der Waals surface area contributed by atoms with E-state index in [0.29, 0.717) is 6.42 Å². The van der Waals surface area contributed by atoms with Crippen LogP contribution in [-0.4, -0.2) is 25.5 Å². The zero-order valence-electron chi connectivity index (χ0n) is 10.9. The van der Waals surface area contributed by atoms with Crippen LogP contribution in [0.2, 0.25) is 0 Å². The van der Waals surface area contributed by atoms with Crippen LogP contribution in [0.3, 0.4) is 0 Å². The van der Waals surface area contributed by atoms with Gasteiger partial charge in [-0.2, -0.15) is 0 Å². The Morgan fingerprint density at radius 3 is 2.78 bits per heavy atom. The van der Waals surface area contributed by atoms with Crippen LogP contribution in [-0.2, 0) is 4.79 Å². The molecule has 4 heteroatoms. The summed E-state index contributed by atoms with van der Waals surface area (Å²) in [6.07, 6.45) is 0.553. The number of para-hydroxylation sites is 1. The van der Waals surface area contributed by atoms with Gasteiger partial charge >= 0.3 is 0 Å². The topological polar surface area (TPSA) is 32.3 Å². The van der Waals surface area contributed by atoms with Gasteiger partial charge in [0.25, 0.3) is 0 Å². The Labute approximate surface area is 117 Å². The molecule has 1 N–H and O–H groups in total. The number of hydrogen-bond acceptors (Lipinski definition) is 2. The maximum Gasteiger partial charge on any atom is 0.228 e. The first-order valence-electron chi connectivity index (χ1n) is 6.25. The number of nitrogens with zero attached hydrogens (tertiary/aromatic N) is 1. The van der Waals surface area contributed by atoms with Gasteiger partial charge in [-0.15, -0.1) is 0 Å². The summed E-state index contributed by atoms with van der Waals surface area (Å²) in [5.74, 6) is 0.183. The molecule has 98 valence electrons. The molecule has 0 spiro atoms. The number of halogens is 1. The fourth-order valence-electron chi connectivity index (χ4n) is 2.22. The number of amides is 1. The second-order valence-electron chi connectivity index (χ2n) is 5.52. The monoisotopic (exact) mass is 310 g/mol. The van der Waals surface area contributed by atoms with Crippen LogP contribution in [0.15, 0.2) is 28.7 Å². The molecule has 0 atom stereocenters. The van der Waals surface area contributed by atoms with Crippen molar-refractivity contribution in [2.75, 3.05) is 24.5 Å². The summed E-state index contributed by atoms with van der Waals surface area (Å²) in [7, 11) is 0. The Morgan fingerprint density at radius 1 is 1.33 bits per heavy atom. The second kappa shape index (κ2) is 5.41. The fraction of sp³-hybridized carbons (Fsp3) is 0.500. The third kappa shape index (κ3) is 3.12. The minimum absolute atomic E-state index is 0.0748. The van der Waals surface area contributed by atoms with Crippen LogP contribution in [0, 0.1) is 5.41 Å². The molecule has 0 aromatic heterocycles. The van der Waals surface area contributed by atoms with E-state index in [2.05, 4.69) is 35.1 Å². The van der Waals surface area contributed by atoms with Gasteiger partial charge in [0.2, 0.25) is 5.91 Å². The highest BCUT2D eigenvalue weighted by molar-refractivity contribution is 9.10. The third-order valence-electron chi connectivity index (χ3n) is 3.15. The third-order valence-corrected chi connectivity index (χ3v) is 3.82. The molecule has 3 nitrogen and oxygen atoms in total. The quantitative estimate of drug-likeness (QED) is 0.865. The van der Waals surface area contributed by atoms with Crippen LogP contribution in [0.4, 0.5) is 5.69 Å². The zero-order chi connectivity index (χ0) is 13.2. The highest BCUT2D eigenvalue weighted by Crippen LogP contribution is 2.30. The van der Waals surface area contributed by atoms with Crippen LogP contribution in [0.5, 0.6) is 0 Å². The van der Waals surface area contributed by atoms with E-state index in [1.165, 1.54) is 0 Å². The van der Waals surface area contributed by atoms with Crippen LogP contribution in [0.1, 0.15) is 20.3 Å². The highest BCUT2D eigenvalue weighted by Gasteiger charge is 2.28. The van der Waals surface area contributed by atoms with Gasteiger partial charge < -0.3 is 10.2 Å². The first kappa shape index (κ1) is 13.6. The molecular formula is C14H19BrN2O. The number of carbonyl (C=O) groups is 1. The van der Waals surface area contributed by atoms with E-state index in [0.717, 1.165) is 29.8 Å². The minimum atomic E-state index is 0.0748. The van der Waals surface area contributed by atoms with Gasteiger partial charge in [-0.3, -0.25) is 4.79 Å². The zero-order valence-corrected chi connectivity index (χ0v) is 12.5. The number of rotatable bonds is 1. The lowest BCUT2D eigenvalue weighted by Crippen LogP contribution is -2.47. The van der Waals surface area contributed by atoms with Crippen molar-refractivity contribution in [3.05, 3.63) is 28.7 Å². The summed E-state index contributed by atoms with van der Waals surface area (Å²) in [4.78, 5) is 14.2. The Hall–Kier alpha value is -0.870. The first-order valence-corrected chi connectivity index (χ1v) is 7.04. The standard InChI is InChI=1S/C14H19BrN2O/c1-14(2)9-16-8-7-13(18)17(10-14)12-6-4-3-5-11(12)15/h3-6,16H,7-10H2,1-2H3. The van der Waals surface area contributed by atoms with Crippen molar-refractivity contribution in [3.8, 4) is 0 Å². The number of hydrogen-bond donors (Lipinski definition) is 1. The molecule has 0 aliphatic carbocycles. The van der Waals surface area contributed by atoms with Gasteiger partial charge in [0.15, 0.2) is 0 Å². The average Bonchev–Trinajstić information content (AvgIpc) is 2.31. The van der Waals surface area contributed by atoms with Crippen molar-refractivity contribution in [3.63, 3.8) is 0 Å². The highest BCUT2D eigenvalue weighted by atomic mass is 79.9. The van der Waals surface area contributed by atoms with E-state index < -0.39 is 0 Å². The molecule has 1 aliphatic heterocycles. The molecule has 1 aromatic rings. The van der Waals surface area contributed by atoms with Crippen molar-refractivity contribution < 1.29 is 4.79 Å². The summed E-state index contributed by atoms with van der Waals surface area (Å²) in [5.41, 5.74) is 1.04. The predicted molar refractivity (Wildman–Crippen MR) is 77.8 cm³/mol. The smallest absolute Gasteiger partial charge is 0.228 e. The predicted octanol–water partition coefficient (Wildman–Crippen LogP) is 2.80. The van der Waals surface area contributed by atoms with Crippen LogP contribution >= 0.6 is 15.9 Å². The molecule has 18 heavy (non-hydrogen) atoms. The number of carbonyl (C=O) groups excluding carboxylic acids is 1. The molecule has 0 radical (unpaired) electrons. The van der Waals surface area contributed by atoms with Gasteiger partial charge in [0.05, 0.1) is 5.69 Å². The van der Waals surface area contributed by atoms with Crippen molar-refractivity contribution in [2.24, 2.45) is 5.41 Å². The summed E-state index contributed by atoms with van der Waals surface area (Å²) in [6.45, 7) is 6.79. The Morgan fingerprint density at radius 2 is 2.06 bits per heavy atom. The first-order chi connectivity index (χ1) is 8.49. The molecule has 0 unspecified atom stereocenters. The van der Waals surface area contributed by atoms with E-state index in [1.807, 2.05) is 29.2 Å². The van der Waals surface area contributed by atoms with Crippen LogP contribution < -0.4 is 10.2 Å². The molecule has 2 rings (SSSR count). The molecule has 1 fully saturated rings. The Kier molecular flexibility index (Phi) is 4.07. The van der Waals surface area contributed by atoms with E-state index in [9.17, 15) is 4.79 Å². The van der Waals surface area contributed by atoms with E-state index in [1.54, 1.807) is 0 Å². The summed E-state index contributed by atoms with van der Waals surface area (Å²) >= 11 is 3.53. The Balaban J connectivity index is 2.32. The minimum Gasteiger partial charge on any atom is -0.316 e. The van der Waals surface area contributed by atoms with Crippen molar-refractivity contribution in [1.82, 2.24) is 5.32 Å². The summed E-state index contributed by atoms with van der Waals surface area (Å²) in [5, 5.41) is 3.34. The molecule has 0 bridgehead atoms. The lowest BCUT2D eigenvalue weighted by molar-refractivity contribution is -0.119. The fourth-order valence-corrected chi connectivity index (χ4v) is 2.72. The molecule has 0 saturated carbocycles. The molecule has 1 aliphatic rings. The van der Waals surface area contributed by atoms with E-state index >= 15 is 0 Å². The maximum absolute atomic E-state index is 12.3. The van der Waals surface area contributed by atoms with Crippen molar-refractivity contribution in [2.45, 2.75) is 20.3 Å². The largest absolute Gasteiger partial charge is 0.316 e. The van der Waals surface area contributed by atoms with Gasteiger partial charge in [-0.05, 0) is 33.5 Å². The van der Waals surface area contributed by atoms with Crippen molar-refractivity contribution in [1.29, 1.82) is 0 Å². The average molecular weight is 311 g/mol. The number of nitrogens with one attached hydrogen (secondary N) is 1. The second-order valence-corrected chi connectivity index (χ2v) is 6.38. The summed E-state index contributed by atoms with van der Waals surface area (Å²) in [6, 6.07) is 7.91. The molecule has 1 heterocycles. The van der Waals surface area contributed by atoms with Gasteiger partial charge in [-0.25, -0.2) is 0 Å². The summed E-state index contributed by atoms with van der Waals surface area (Å²) < 4.78 is 0.975. The molecule has 1 saturated heterocycles. The molecule has 1 aromatic carbocycles. The normalized spacial score (nSPS) is 20.4.